The summed E-state index contributed by atoms with van der Waals surface area (Å²) in [5, 5.41) is 10.7. The molecule has 2 aromatic rings. The van der Waals surface area contributed by atoms with Gasteiger partial charge in [-0.25, -0.2) is 0 Å². The first kappa shape index (κ1) is 13.8. The molecule has 0 saturated carbocycles. The molecule has 5 nitrogen and oxygen atoms in total. The molecule has 22 heavy (non-hydrogen) atoms. The van der Waals surface area contributed by atoms with Crippen molar-refractivity contribution >= 4 is 22.4 Å². The lowest BCUT2D eigenvalue weighted by molar-refractivity contribution is 0.207. The zero-order valence-electron chi connectivity index (χ0n) is 12.9. The summed E-state index contributed by atoms with van der Waals surface area (Å²) in [6.45, 7) is 4.69. The van der Waals surface area contributed by atoms with Crippen molar-refractivity contribution in [3.8, 4) is 0 Å². The Bertz CT molecular complexity index is 657. The maximum atomic E-state index is 5.96. The van der Waals surface area contributed by atoms with Gasteiger partial charge in [-0.15, -0.1) is 10.2 Å². The smallest absolute Gasteiger partial charge is 0.159 e. The molecule has 2 saturated heterocycles. The maximum Gasteiger partial charge on any atom is 0.159 e. The molecule has 0 radical (unpaired) electrons. The number of hydrogen-bond acceptors (Lipinski definition) is 5. The van der Waals surface area contributed by atoms with E-state index in [1.807, 2.05) is 18.2 Å². The van der Waals surface area contributed by atoms with Crippen LogP contribution in [0.3, 0.4) is 0 Å². The van der Waals surface area contributed by atoms with E-state index in [0.29, 0.717) is 5.82 Å². The molecule has 2 N–H and O–H groups in total. The second-order valence-electron chi connectivity index (χ2n) is 6.42. The first-order valence-corrected chi connectivity index (χ1v) is 8.33. The lowest BCUT2D eigenvalue weighted by Gasteiger charge is -2.37. The Morgan fingerprint density at radius 3 is 2.32 bits per heavy atom. The Hall–Kier alpha value is -1.88. The van der Waals surface area contributed by atoms with Crippen LogP contribution in [0.1, 0.15) is 25.7 Å². The predicted molar refractivity (Wildman–Crippen MR) is 90.0 cm³/mol. The van der Waals surface area contributed by atoms with Crippen molar-refractivity contribution < 1.29 is 0 Å². The van der Waals surface area contributed by atoms with E-state index in [4.69, 9.17) is 5.73 Å². The Balaban J connectivity index is 1.55. The van der Waals surface area contributed by atoms with Gasteiger partial charge >= 0.3 is 0 Å². The fourth-order valence-electron chi connectivity index (χ4n) is 3.89. The van der Waals surface area contributed by atoms with Crippen LogP contribution in [0.25, 0.3) is 10.8 Å². The minimum absolute atomic E-state index is 0.520. The van der Waals surface area contributed by atoms with Crippen molar-refractivity contribution in [1.82, 2.24) is 15.1 Å². The SMILES string of the molecule is Nc1nnc(N2CCC(N3CCCC3)CC2)c2ccccc12. The molecular weight excluding hydrogens is 274 g/mol. The van der Waals surface area contributed by atoms with Crippen molar-refractivity contribution in [2.45, 2.75) is 31.7 Å². The third-order valence-electron chi connectivity index (χ3n) is 5.12. The third-order valence-corrected chi connectivity index (χ3v) is 5.12. The van der Waals surface area contributed by atoms with Gasteiger partial charge in [-0.2, -0.15) is 0 Å². The van der Waals surface area contributed by atoms with Crippen LogP contribution in [-0.4, -0.2) is 47.3 Å². The largest absolute Gasteiger partial charge is 0.382 e. The van der Waals surface area contributed by atoms with Crippen LogP contribution in [0.15, 0.2) is 24.3 Å². The number of nitrogens with zero attached hydrogens (tertiary/aromatic N) is 4. The molecular formula is C17H23N5. The monoisotopic (exact) mass is 297 g/mol. The van der Waals surface area contributed by atoms with Crippen LogP contribution < -0.4 is 10.6 Å². The van der Waals surface area contributed by atoms with E-state index in [1.54, 1.807) is 0 Å². The molecule has 0 bridgehead atoms. The molecule has 116 valence electrons. The van der Waals surface area contributed by atoms with E-state index >= 15 is 0 Å². The summed E-state index contributed by atoms with van der Waals surface area (Å²) in [5.41, 5.74) is 5.96. The molecule has 0 unspecified atom stereocenters. The van der Waals surface area contributed by atoms with Crippen LogP contribution in [0.4, 0.5) is 11.6 Å². The normalized spacial score (nSPS) is 20.8. The van der Waals surface area contributed by atoms with Gasteiger partial charge in [-0.05, 0) is 38.8 Å². The van der Waals surface area contributed by atoms with Gasteiger partial charge in [0.1, 0.15) is 0 Å². The Morgan fingerprint density at radius 2 is 1.59 bits per heavy atom. The van der Waals surface area contributed by atoms with E-state index in [9.17, 15) is 0 Å². The quantitative estimate of drug-likeness (QED) is 0.921. The van der Waals surface area contributed by atoms with Crippen molar-refractivity contribution in [2.24, 2.45) is 0 Å². The van der Waals surface area contributed by atoms with Gasteiger partial charge in [0.25, 0.3) is 0 Å². The second-order valence-corrected chi connectivity index (χ2v) is 6.42. The van der Waals surface area contributed by atoms with E-state index in [-0.39, 0.29) is 0 Å². The summed E-state index contributed by atoms with van der Waals surface area (Å²) < 4.78 is 0. The molecule has 2 fully saturated rings. The van der Waals surface area contributed by atoms with E-state index in [1.165, 1.54) is 38.8 Å². The van der Waals surface area contributed by atoms with Gasteiger partial charge in [0.05, 0.1) is 0 Å². The van der Waals surface area contributed by atoms with Gasteiger partial charge in [0.2, 0.25) is 0 Å². The third kappa shape index (κ3) is 2.39. The highest BCUT2D eigenvalue weighted by atomic mass is 15.3. The molecule has 5 heteroatoms. The van der Waals surface area contributed by atoms with Gasteiger partial charge in [-0.3, -0.25) is 0 Å². The topological polar surface area (TPSA) is 58.3 Å². The number of fused-ring (bicyclic) bond motifs is 1. The summed E-state index contributed by atoms with van der Waals surface area (Å²) in [6, 6.07) is 8.93. The molecule has 0 atom stereocenters. The summed E-state index contributed by atoms with van der Waals surface area (Å²) in [5.74, 6) is 1.51. The van der Waals surface area contributed by atoms with Crippen molar-refractivity contribution in [1.29, 1.82) is 0 Å². The molecule has 3 heterocycles. The Morgan fingerprint density at radius 1 is 0.909 bits per heavy atom. The molecule has 0 spiro atoms. The fourth-order valence-corrected chi connectivity index (χ4v) is 3.89. The number of aromatic nitrogens is 2. The standard InChI is InChI=1S/C17H23N5/c18-16-14-5-1-2-6-15(14)17(20-19-16)22-11-7-13(8-12-22)21-9-3-4-10-21/h1-2,5-6,13H,3-4,7-12H2,(H2,18,19). The molecule has 4 rings (SSSR count). The highest BCUT2D eigenvalue weighted by Crippen LogP contribution is 2.30. The summed E-state index contributed by atoms with van der Waals surface area (Å²) in [6.07, 6.45) is 5.18. The maximum absolute atomic E-state index is 5.96. The minimum Gasteiger partial charge on any atom is -0.382 e. The van der Waals surface area contributed by atoms with E-state index in [0.717, 1.165) is 35.7 Å². The molecule has 0 amide bonds. The lowest BCUT2D eigenvalue weighted by atomic mass is 10.0. The number of anilines is 2. The first-order valence-electron chi connectivity index (χ1n) is 8.33. The predicted octanol–water partition coefficient (Wildman–Crippen LogP) is 2.28. The summed E-state index contributed by atoms with van der Waals surface area (Å²) >= 11 is 0. The van der Waals surface area contributed by atoms with Gasteiger partial charge < -0.3 is 15.5 Å². The average molecular weight is 297 g/mol. The van der Waals surface area contributed by atoms with E-state index in [2.05, 4.69) is 26.1 Å². The van der Waals surface area contributed by atoms with Crippen LogP contribution in [0.5, 0.6) is 0 Å². The van der Waals surface area contributed by atoms with Crippen molar-refractivity contribution in [3.63, 3.8) is 0 Å². The second kappa shape index (κ2) is 5.72. The number of nitrogens with two attached hydrogens (primary N) is 1. The fraction of sp³-hybridized carbons (Fsp3) is 0.529. The zero-order valence-corrected chi connectivity index (χ0v) is 12.9. The van der Waals surface area contributed by atoms with Crippen LogP contribution in [0.2, 0.25) is 0 Å². The van der Waals surface area contributed by atoms with E-state index < -0.39 is 0 Å². The highest BCUT2D eigenvalue weighted by Gasteiger charge is 2.27. The molecule has 2 aliphatic rings. The number of likely N-dealkylation sites (tertiary alicyclic amines) is 1. The summed E-state index contributed by atoms with van der Waals surface area (Å²) in [4.78, 5) is 5.05. The Kier molecular flexibility index (Phi) is 3.58. The molecule has 2 aliphatic heterocycles. The van der Waals surface area contributed by atoms with Gasteiger partial charge in [-0.1, -0.05) is 24.3 Å². The zero-order chi connectivity index (χ0) is 14.9. The number of hydrogen-bond donors (Lipinski definition) is 1. The van der Waals surface area contributed by atoms with Gasteiger partial charge in [0, 0.05) is 29.9 Å². The van der Waals surface area contributed by atoms with Crippen LogP contribution in [0, 0.1) is 0 Å². The number of nitrogen functional groups attached to an aromatic ring is 1. The van der Waals surface area contributed by atoms with Crippen LogP contribution >= 0.6 is 0 Å². The minimum atomic E-state index is 0.520. The number of benzene rings is 1. The molecule has 0 aliphatic carbocycles. The lowest BCUT2D eigenvalue weighted by Crippen LogP contribution is -2.44. The summed E-state index contributed by atoms with van der Waals surface area (Å²) in [7, 11) is 0. The first-order chi connectivity index (χ1) is 10.8. The van der Waals surface area contributed by atoms with Crippen molar-refractivity contribution in [2.75, 3.05) is 36.8 Å². The van der Waals surface area contributed by atoms with Gasteiger partial charge in [0.15, 0.2) is 11.6 Å². The van der Waals surface area contributed by atoms with Crippen LogP contribution in [-0.2, 0) is 0 Å². The molecule has 1 aromatic carbocycles. The highest BCUT2D eigenvalue weighted by molar-refractivity contribution is 5.97. The molecule has 1 aromatic heterocycles. The Labute approximate surface area is 131 Å². The number of piperidine rings is 1. The van der Waals surface area contributed by atoms with Crippen molar-refractivity contribution in [3.05, 3.63) is 24.3 Å². The number of rotatable bonds is 2. The average Bonchev–Trinajstić information content (AvgIpc) is 3.10.